The number of aliphatic imine (C=N–C) groups is 1. The molecule has 1 saturated heterocycles. The van der Waals surface area contributed by atoms with Gasteiger partial charge >= 0.3 is 0 Å². The van der Waals surface area contributed by atoms with E-state index in [-0.39, 0.29) is 30.0 Å². The van der Waals surface area contributed by atoms with Crippen LogP contribution in [-0.2, 0) is 9.47 Å². The molecule has 160 valence electrons. The van der Waals surface area contributed by atoms with E-state index in [1.165, 1.54) is 37.2 Å². The van der Waals surface area contributed by atoms with E-state index in [1.807, 2.05) is 0 Å². The van der Waals surface area contributed by atoms with Crippen molar-refractivity contribution in [1.82, 2.24) is 10.6 Å². The average molecular weight is 504 g/mol. The van der Waals surface area contributed by atoms with Gasteiger partial charge in [0.25, 0.3) is 0 Å². The second-order valence-electron chi connectivity index (χ2n) is 6.87. The molecule has 0 radical (unpaired) electrons. The first kappa shape index (κ1) is 25.0. The van der Waals surface area contributed by atoms with Gasteiger partial charge in [0.15, 0.2) is 5.96 Å². The Morgan fingerprint density at radius 1 is 1.21 bits per heavy atom. The lowest BCUT2D eigenvalue weighted by Crippen LogP contribution is -2.38. The van der Waals surface area contributed by atoms with Gasteiger partial charge in [0.05, 0.1) is 19.3 Å². The molecule has 28 heavy (non-hydrogen) atoms. The van der Waals surface area contributed by atoms with Crippen LogP contribution >= 0.6 is 24.0 Å². The Hall–Kier alpha value is -1.06. The zero-order valence-corrected chi connectivity index (χ0v) is 19.9. The van der Waals surface area contributed by atoms with Crippen molar-refractivity contribution in [2.24, 2.45) is 4.99 Å². The number of halogens is 1. The minimum Gasteiger partial charge on any atom is -0.382 e. The molecule has 6 nitrogen and oxygen atoms in total. The topological polar surface area (TPSA) is 58.1 Å². The fraction of sp³-hybridized carbons (Fsp3) is 0.667. The lowest BCUT2D eigenvalue weighted by molar-refractivity contribution is 0.0702. The van der Waals surface area contributed by atoms with Crippen LogP contribution in [0.1, 0.15) is 44.7 Å². The molecule has 1 atom stereocenters. The summed E-state index contributed by atoms with van der Waals surface area (Å²) in [5, 5.41) is 6.85. The van der Waals surface area contributed by atoms with Crippen molar-refractivity contribution in [1.29, 1.82) is 0 Å². The molecule has 1 aliphatic rings. The first-order chi connectivity index (χ1) is 13.2. The highest BCUT2D eigenvalue weighted by Gasteiger charge is 2.14. The summed E-state index contributed by atoms with van der Waals surface area (Å²) in [6.07, 6.45) is 3.49. The molecule has 0 saturated carbocycles. The van der Waals surface area contributed by atoms with Gasteiger partial charge in [-0.15, -0.1) is 24.0 Å². The molecule has 1 unspecified atom stereocenters. The summed E-state index contributed by atoms with van der Waals surface area (Å²) in [7, 11) is 1.68. The molecule has 0 amide bonds. The van der Waals surface area contributed by atoms with Gasteiger partial charge in [-0.1, -0.05) is 12.1 Å². The lowest BCUT2D eigenvalue weighted by atomic mass is 10.1. The van der Waals surface area contributed by atoms with E-state index < -0.39 is 0 Å². The Balaban J connectivity index is 0.00000392. The molecule has 2 N–H and O–H groups in total. The number of ether oxygens (including phenoxy) is 2. The Kier molecular flexibility index (Phi) is 13.3. The largest absolute Gasteiger partial charge is 0.382 e. The second kappa shape index (κ2) is 14.9. The number of hydrogen-bond donors (Lipinski definition) is 2. The van der Waals surface area contributed by atoms with Gasteiger partial charge in [0.1, 0.15) is 0 Å². The molecule has 0 bridgehead atoms. The van der Waals surface area contributed by atoms with E-state index in [2.05, 4.69) is 58.6 Å². The number of anilines is 1. The normalized spacial score (nSPS) is 15.2. The van der Waals surface area contributed by atoms with E-state index >= 15 is 0 Å². The number of rotatable bonds is 11. The van der Waals surface area contributed by atoms with Crippen molar-refractivity contribution in [3.8, 4) is 0 Å². The first-order valence-electron chi connectivity index (χ1n) is 10.2. The molecule has 1 fully saturated rings. The highest BCUT2D eigenvalue weighted by Crippen LogP contribution is 2.23. The maximum Gasteiger partial charge on any atom is 0.191 e. The summed E-state index contributed by atoms with van der Waals surface area (Å²) in [4.78, 5) is 7.14. The van der Waals surface area contributed by atoms with Crippen LogP contribution in [0.5, 0.6) is 0 Å². The molecule has 0 aliphatic carbocycles. The maximum atomic E-state index is 5.49. The van der Waals surface area contributed by atoms with Gasteiger partial charge in [-0.25, -0.2) is 0 Å². The zero-order chi connectivity index (χ0) is 19.3. The molecule has 7 heteroatoms. The Morgan fingerprint density at radius 3 is 2.71 bits per heavy atom. The highest BCUT2D eigenvalue weighted by molar-refractivity contribution is 14.0. The number of guanidine groups is 1. The quantitative estimate of drug-likeness (QED) is 0.209. The van der Waals surface area contributed by atoms with E-state index in [4.69, 9.17) is 9.47 Å². The van der Waals surface area contributed by atoms with E-state index in [0.717, 1.165) is 25.5 Å². The van der Waals surface area contributed by atoms with Crippen LogP contribution in [0.4, 0.5) is 5.69 Å². The van der Waals surface area contributed by atoms with Crippen LogP contribution in [0.3, 0.4) is 0 Å². The first-order valence-corrected chi connectivity index (χ1v) is 10.2. The van der Waals surface area contributed by atoms with Crippen LogP contribution in [0, 0.1) is 0 Å². The smallest absolute Gasteiger partial charge is 0.191 e. The van der Waals surface area contributed by atoms with Crippen LogP contribution in [0.25, 0.3) is 0 Å². The molecule has 1 aliphatic heterocycles. The fourth-order valence-corrected chi connectivity index (χ4v) is 3.18. The van der Waals surface area contributed by atoms with Crippen LogP contribution in [0.2, 0.25) is 0 Å². The maximum absolute atomic E-state index is 5.49. The molecule has 0 spiro atoms. The summed E-state index contributed by atoms with van der Waals surface area (Å²) in [5.41, 5.74) is 2.61. The fourth-order valence-electron chi connectivity index (χ4n) is 3.18. The molecular weight excluding hydrogens is 467 g/mol. The van der Waals surface area contributed by atoms with Gasteiger partial charge in [0, 0.05) is 45.6 Å². The van der Waals surface area contributed by atoms with Gasteiger partial charge in [-0.05, 0) is 50.8 Å². The standard InChI is InChI=1S/C21H36N4O2.HI/c1-4-22-21(23-11-8-14-27-16-15-26-3)24-18(2)19-9-7-10-20(17-19)25-12-5-6-13-25;/h7,9-10,17-18H,4-6,8,11-16H2,1-3H3,(H2,22,23,24);1H. The van der Waals surface area contributed by atoms with Crippen LogP contribution in [-0.4, -0.2) is 59.1 Å². The van der Waals surface area contributed by atoms with Crippen molar-refractivity contribution in [2.75, 3.05) is 58.0 Å². The third kappa shape index (κ3) is 8.96. The van der Waals surface area contributed by atoms with Crippen LogP contribution in [0.15, 0.2) is 29.3 Å². The molecule has 2 rings (SSSR count). The molecular formula is C21H37IN4O2. The van der Waals surface area contributed by atoms with E-state index in [1.54, 1.807) is 7.11 Å². The summed E-state index contributed by atoms with van der Waals surface area (Å²) >= 11 is 0. The minimum absolute atomic E-state index is 0. The minimum atomic E-state index is 0. The van der Waals surface area contributed by atoms with Crippen molar-refractivity contribution in [3.05, 3.63) is 29.8 Å². The molecule has 1 heterocycles. The van der Waals surface area contributed by atoms with Gasteiger partial charge in [-0.3, -0.25) is 4.99 Å². The summed E-state index contributed by atoms with van der Waals surface area (Å²) in [6, 6.07) is 9.05. The summed E-state index contributed by atoms with van der Waals surface area (Å²) in [6.45, 7) is 10.2. The molecule has 0 aromatic heterocycles. The number of methoxy groups -OCH3 is 1. The molecule has 1 aromatic carbocycles. The second-order valence-corrected chi connectivity index (χ2v) is 6.87. The lowest BCUT2D eigenvalue weighted by Gasteiger charge is -2.22. The van der Waals surface area contributed by atoms with Crippen LogP contribution < -0.4 is 15.5 Å². The number of benzene rings is 1. The van der Waals surface area contributed by atoms with Crippen molar-refractivity contribution in [3.63, 3.8) is 0 Å². The Morgan fingerprint density at radius 2 is 2.00 bits per heavy atom. The average Bonchev–Trinajstić information content (AvgIpc) is 3.22. The summed E-state index contributed by atoms with van der Waals surface area (Å²) in [5.74, 6) is 0.855. The number of nitrogens with one attached hydrogen (secondary N) is 2. The van der Waals surface area contributed by atoms with Crippen molar-refractivity contribution in [2.45, 2.75) is 39.2 Å². The molecule has 1 aromatic rings. The highest BCUT2D eigenvalue weighted by atomic mass is 127. The van der Waals surface area contributed by atoms with E-state index in [0.29, 0.717) is 19.8 Å². The SMILES string of the molecule is CCNC(=NCCCOCCOC)NC(C)c1cccc(N2CCCC2)c1.I. The van der Waals surface area contributed by atoms with E-state index in [9.17, 15) is 0 Å². The Labute approximate surface area is 187 Å². The third-order valence-corrected chi connectivity index (χ3v) is 4.69. The van der Waals surface area contributed by atoms with Gasteiger partial charge < -0.3 is 25.0 Å². The summed E-state index contributed by atoms with van der Waals surface area (Å²) < 4.78 is 10.5. The monoisotopic (exact) mass is 504 g/mol. The van der Waals surface area contributed by atoms with Crippen molar-refractivity contribution < 1.29 is 9.47 Å². The Bertz CT molecular complexity index is 565. The number of nitrogens with zero attached hydrogens (tertiary/aromatic N) is 2. The van der Waals surface area contributed by atoms with Gasteiger partial charge in [-0.2, -0.15) is 0 Å². The van der Waals surface area contributed by atoms with Gasteiger partial charge in [0.2, 0.25) is 0 Å². The third-order valence-electron chi connectivity index (χ3n) is 4.69. The predicted molar refractivity (Wildman–Crippen MR) is 128 cm³/mol. The van der Waals surface area contributed by atoms with Crippen molar-refractivity contribution >= 4 is 35.6 Å². The number of hydrogen-bond acceptors (Lipinski definition) is 4. The zero-order valence-electron chi connectivity index (χ0n) is 17.6. The predicted octanol–water partition coefficient (Wildman–Crippen LogP) is 3.57.